The van der Waals surface area contributed by atoms with E-state index in [-0.39, 0.29) is 0 Å². The van der Waals surface area contributed by atoms with Crippen LogP contribution < -0.4 is 4.57 Å². The van der Waals surface area contributed by atoms with Crippen molar-refractivity contribution in [1.29, 1.82) is 0 Å². The van der Waals surface area contributed by atoms with Gasteiger partial charge in [0.2, 0.25) is 5.52 Å². The van der Waals surface area contributed by atoms with Crippen LogP contribution in [-0.4, -0.2) is 4.40 Å². The Hall–Kier alpha value is -3.13. The number of pyridine rings is 2. The number of hydrogen-bond donors (Lipinski definition) is 0. The van der Waals surface area contributed by atoms with Crippen molar-refractivity contribution >= 4 is 49.0 Å². The Bertz CT molecular complexity index is 1680. The van der Waals surface area contributed by atoms with Crippen LogP contribution in [0.3, 0.4) is 0 Å². The molecule has 3 heterocycles. The Kier molecular flexibility index (Phi) is 3.72. The summed E-state index contributed by atoms with van der Waals surface area (Å²) >= 11 is 0. The molecule has 0 saturated heterocycles. The normalized spacial score (nSPS) is 15.5. The van der Waals surface area contributed by atoms with Crippen LogP contribution in [0.1, 0.15) is 42.4 Å². The number of hydrogen-bond acceptors (Lipinski definition) is 0. The third-order valence-corrected chi connectivity index (χ3v) is 8.14. The summed E-state index contributed by atoms with van der Waals surface area (Å²) < 4.78 is 4.89. The summed E-state index contributed by atoms with van der Waals surface area (Å²) in [5.41, 5.74) is 9.62. The minimum Gasteiger partial charge on any atom is -0.303 e. The van der Waals surface area contributed by atoms with Gasteiger partial charge in [-0.25, -0.2) is 0 Å². The molecule has 7 rings (SSSR count). The zero-order valence-electron chi connectivity index (χ0n) is 19.2. The van der Waals surface area contributed by atoms with E-state index in [1.807, 2.05) is 0 Å². The molecule has 6 aromatic rings. The number of rotatable bonds is 2. The van der Waals surface area contributed by atoms with Crippen LogP contribution in [0.4, 0.5) is 0 Å². The SMILES string of the molecule is Cc1cc(C)c2c3c1cccc3n1c3cc(CC4CCCC4)ccc3c3cc[n+](C)c2c31. The fourth-order valence-electron chi connectivity index (χ4n) is 6.70. The van der Waals surface area contributed by atoms with Gasteiger partial charge < -0.3 is 4.40 Å². The first-order chi connectivity index (χ1) is 15.6. The summed E-state index contributed by atoms with van der Waals surface area (Å²) in [4.78, 5) is 0. The van der Waals surface area contributed by atoms with Gasteiger partial charge in [0.25, 0.3) is 0 Å². The van der Waals surface area contributed by atoms with Gasteiger partial charge in [-0.1, -0.05) is 56.0 Å². The van der Waals surface area contributed by atoms with Gasteiger partial charge in [0.1, 0.15) is 12.6 Å². The van der Waals surface area contributed by atoms with Crippen molar-refractivity contribution < 1.29 is 4.57 Å². The molecular weight excluding hydrogens is 388 g/mol. The molecule has 2 heteroatoms. The predicted octanol–water partition coefficient (Wildman–Crippen LogP) is 7.16. The highest BCUT2D eigenvalue weighted by Gasteiger charge is 2.25. The molecule has 0 radical (unpaired) electrons. The van der Waals surface area contributed by atoms with E-state index in [1.54, 1.807) is 0 Å². The Morgan fingerprint density at radius 2 is 1.69 bits per heavy atom. The lowest BCUT2D eigenvalue weighted by Gasteiger charge is -2.15. The number of benzene rings is 3. The Balaban J connectivity index is 1.70. The number of nitrogens with zero attached hydrogens (tertiary/aromatic N) is 2. The van der Waals surface area contributed by atoms with E-state index in [0.717, 1.165) is 5.92 Å². The van der Waals surface area contributed by atoms with E-state index in [4.69, 9.17) is 0 Å². The van der Waals surface area contributed by atoms with Crippen molar-refractivity contribution in [2.24, 2.45) is 13.0 Å². The van der Waals surface area contributed by atoms with Crippen LogP contribution in [0.2, 0.25) is 0 Å². The van der Waals surface area contributed by atoms with Gasteiger partial charge in [0.05, 0.1) is 16.4 Å². The molecule has 3 aromatic carbocycles. The van der Waals surface area contributed by atoms with E-state index in [2.05, 4.69) is 84.6 Å². The van der Waals surface area contributed by atoms with Crippen molar-refractivity contribution in [3.8, 4) is 0 Å². The molecule has 0 N–H and O–H groups in total. The molecule has 32 heavy (non-hydrogen) atoms. The molecule has 158 valence electrons. The standard InChI is InChI=1S/C30H29N2/c1-18-15-19(2)27-28-22(18)9-6-10-25(28)32-26-17-21(16-20-7-4-5-8-20)11-12-23(26)24-13-14-31(3)30(27)29(24)32/h6,9-15,17,20H,4-5,7-8,16H2,1-3H3/q+1. The van der Waals surface area contributed by atoms with E-state index >= 15 is 0 Å². The second-order valence-corrected chi connectivity index (χ2v) is 10.2. The van der Waals surface area contributed by atoms with Gasteiger partial charge in [0.15, 0.2) is 6.20 Å². The summed E-state index contributed by atoms with van der Waals surface area (Å²) in [7, 11) is 2.20. The lowest BCUT2D eigenvalue weighted by Crippen LogP contribution is -2.29. The molecule has 0 unspecified atom stereocenters. The van der Waals surface area contributed by atoms with Crippen molar-refractivity contribution in [3.05, 3.63) is 71.4 Å². The molecular formula is C30H29N2+. The van der Waals surface area contributed by atoms with E-state index < -0.39 is 0 Å². The molecule has 1 aliphatic rings. The smallest absolute Gasteiger partial charge is 0.238 e. The van der Waals surface area contributed by atoms with Crippen LogP contribution in [0.25, 0.3) is 49.0 Å². The minimum atomic E-state index is 0.862. The predicted molar refractivity (Wildman–Crippen MR) is 135 cm³/mol. The molecule has 1 fully saturated rings. The van der Waals surface area contributed by atoms with Crippen LogP contribution in [0.5, 0.6) is 0 Å². The fraction of sp³-hybridized carbons (Fsp3) is 0.300. The van der Waals surface area contributed by atoms with E-state index in [1.165, 1.54) is 97.8 Å². The van der Waals surface area contributed by atoms with Gasteiger partial charge in [-0.3, -0.25) is 0 Å². The monoisotopic (exact) mass is 417 g/mol. The highest BCUT2D eigenvalue weighted by Crippen LogP contribution is 2.41. The first-order valence-corrected chi connectivity index (χ1v) is 12.1. The maximum Gasteiger partial charge on any atom is 0.238 e. The minimum absolute atomic E-state index is 0.862. The molecule has 1 aliphatic carbocycles. The molecule has 2 nitrogen and oxygen atoms in total. The van der Waals surface area contributed by atoms with Crippen LogP contribution in [0.15, 0.2) is 54.7 Å². The lowest BCUT2D eigenvalue weighted by molar-refractivity contribution is -0.644. The second kappa shape index (κ2) is 6.45. The Labute approximate surface area is 188 Å². The van der Waals surface area contributed by atoms with Crippen molar-refractivity contribution in [1.82, 2.24) is 4.40 Å². The largest absolute Gasteiger partial charge is 0.303 e. The maximum absolute atomic E-state index is 2.56. The van der Waals surface area contributed by atoms with Gasteiger partial charge in [0, 0.05) is 22.2 Å². The van der Waals surface area contributed by atoms with Crippen LogP contribution >= 0.6 is 0 Å². The Morgan fingerprint density at radius 3 is 2.53 bits per heavy atom. The molecule has 0 spiro atoms. The second-order valence-electron chi connectivity index (χ2n) is 10.2. The lowest BCUT2D eigenvalue weighted by atomic mass is 9.95. The van der Waals surface area contributed by atoms with Crippen molar-refractivity contribution in [3.63, 3.8) is 0 Å². The molecule has 0 aliphatic heterocycles. The highest BCUT2D eigenvalue weighted by molar-refractivity contribution is 6.26. The van der Waals surface area contributed by atoms with Gasteiger partial charge in [-0.15, -0.1) is 0 Å². The topological polar surface area (TPSA) is 8.29 Å². The van der Waals surface area contributed by atoms with E-state index in [0.29, 0.717) is 0 Å². The van der Waals surface area contributed by atoms with Crippen molar-refractivity contribution in [2.45, 2.75) is 46.0 Å². The van der Waals surface area contributed by atoms with Crippen LogP contribution in [-0.2, 0) is 13.5 Å². The average Bonchev–Trinajstić information content (AvgIpc) is 3.41. The third kappa shape index (κ3) is 2.33. The third-order valence-electron chi connectivity index (χ3n) is 8.14. The summed E-state index contributed by atoms with van der Waals surface area (Å²) in [5, 5.41) is 6.91. The molecule has 0 atom stereocenters. The van der Waals surface area contributed by atoms with Gasteiger partial charge in [-0.05, 0) is 60.4 Å². The molecule has 0 bridgehead atoms. The number of aromatic nitrogens is 2. The van der Waals surface area contributed by atoms with Gasteiger partial charge in [-0.2, -0.15) is 4.57 Å². The summed E-state index contributed by atoms with van der Waals surface area (Å²) in [6.07, 6.45) is 9.07. The summed E-state index contributed by atoms with van der Waals surface area (Å²) in [6.45, 7) is 4.52. The molecule has 0 amide bonds. The maximum atomic E-state index is 2.56. The van der Waals surface area contributed by atoms with Gasteiger partial charge >= 0.3 is 0 Å². The first kappa shape index (κ1) is 18.4. The zero-order valence-corrected chi connectivity index (χ0v) is 19.2. The van der Waals surface area contributed by atoms with E-state index in [9.17, 15) is 0 Å². The first-order valence-electron chi connectivity index (χ1n) is 12.1. The molecule has 3 aromatic heterocycles. The average molecular weight is 418 g/mol. The Morgan fingerprint density at radius 1 is 0.844 bits per heavy atom. The van der Waals surface area contributed by atoms with Crippen LogP contribution in [0, 0.1) is 19.8 Å². The molecule has 1 saturated carbocycles. The zero-order chi connectivity index (χ0) is 21.6. The quantitative estimate of drug-likeness (QED) is 0.160. The highest BCUT2D eigenvalue weighted by atomic mass is 15.0. The van der Waals surface area contributed by atoms with Crippen molar-refractivity contribution in [2.75, 3.05) is 0 Å². The number of fused-ring (bicyclic) bond motifs is 5. The fourth-order valence-corrected chi connectivity index (χ4v) is 6.70. The summed E-state index contributed by atoms with van der Waals surface area (Å²) in [5.74, 6) is 0.862. The summed E-state index contributed by atoms with van der Waals surface area (Å²) in [6, 6.07) is 18.8. The number of aryl methyl sites for hydroxylation is 3.